The lowest BCUT2D eigenvalue weighted by atomic mass is 9.87. The first kappa shape index (κ1) is 17.9. The van der Waals surface area contributed by atoms with Crippen molar-refractivity contribution in [1.82, 2.24) is 10.3 Å². The van der Waals surface area contributed by atoms with Crippen LogP contribution in [-0.4, -0.2) is 36.8 Å². The van der Waals surface area contributed by atoms with E-state index in [1.54, 1.807) is 0 Å². The van der Waals surface area contributed by atoms with Crippen LogP contribution in [0.2, 0.25) is 0 Å². The van der Waals surface area contributed by atoms with Gasteiger partial charge in [-0.05, 0) is 36.0 Å². The number of hydrogen-bond donors (Lipinski definition) is 1. The summed E-state index contributed by atoms with van der Waals surface area (Å²) in [5, 5.41) is 2.77. The van der Waals surface area contributed by atoms with Crippen molar-refractivity contribution in [2.75, 3.05) is 19.8 Å². The summed E-state index contributed by atoms with van der Waals surface area (Å²) in [5.41, 5.74) is 2.80. The molecule has 0 unspecified atom stereocenters. The molecule has 2 heterocycles. The molecule has 1 amide bonds. The fourth-order valence-electron chi connectivity index (χ4n) is 2.80. The Hall–Kier alpha value is -1.92. The van der Waals surface area contributed by atoms with Gasteiger partial charge >= 0.3 is 0 Å². The van der Waals surface area contributed by atoms with Gasteiger partial charge in [0.05, 0.1) is 19.3 Å². The average molecular weight is 346 g/mol. The number of rotatable bonds is 6. The number of carbonyl (C=O) groups is 1. The number of oxazole rings is 1. The van der Waals surface area contributed by atoms with E-state index in [1.807, 2.05) is 12.1 Å². The Morgan fingerprint density at radius 1 is 1.40 bits per heavy atom. The number of hydrogen-bond acceptors (Lipinski definition) is 5. The molecule has 25 heavy (non-hydrogen) atoms. The number of amides is 1. The molecule has 6 heteroatoms. The lowest BCUT2D eigenvalue weighted by Gasteiger charge is -2.18. The molecule has 136 valence electrons. The summed E-state index contributed by atoms with van der Waals surface area (Å²) in [5.74, 6) is 0.309. The van der Waals surface area contributed by atoms with E-state index in [4.69, 9.17) is 13.9 Å². The van der Waals surface area contributed by atoms with Gasteiger partial charge in [0, 0.05) is 6.61 Å². The highest BCUT2D eigenvalue weighted by Crippen LogP contribution is 2.26. The van der Waals surface area contributed by atoms with Crippen molar-refractivity contribution in [3.8, 4) is 0 Å². The Labute approximate surface area is 147 Å². The van der Waals surface area contributed by atoms with Gasteiger partial charge in [0.2, 0.25) is 11.8 Å². The fourth-order valence-corrected chi connectivity index (χ4v) is 2.80. The minimum Gasteiger partial charge on any atom is -0.439 e. The molecule has 1 atom stereocenters. The van der Waals surface area contributed by atoms with Gasteiger partial charge in [0.25, 0.3) is 0 Å². The van der Waals surface area contributed by atoms with Gasteiger partial charge in [0.1, 0.15) is 12.1 Å². The van der Waals surface area contributed by atoms with Crippen molar-refractivity contribution < 1.29 is 18.7 Å². The molecule has 0 bridgehead atoms. The summed E-state index contributed by atoms with van der Waals surface area (Å²) in [6.07, 6.45) is 2.19. The van der Waals surface area contributed by atoms with Crippen molar-refractivity contribution in [3.63, 3.8) is 0 Å². The predicted octanol–water partition coefficient (Wildman–Crippen LogP) is 2.94. The molecule has 6 nitrogen and oxygen atoms in total. The summed E-state index contributed by atoms with van der Waals surface area (Å²) >= 11 is 0. The first-order valence-electron chi connectivity index (χ1n) is 8.78. The Morgan fingerprint density at radius 3 is 2.96 bits per heavy atom. The number of ether oxygens (including phenoxy) is 2. The van der Waals surface area contributed by atoms with Crippen LogP contribution < -0.4 is 5.32 Å². The third kappa shape index (κ3) is 4.80. The zero-order valence-electron chi connectivity index (χ0n) is 15.1. The van der Waals surface area contributed by atoms with Crippen LogP contribution >= 0.6 is 0 Å². The van der Waals surface area contributed by atoms with Gasteiger partial charge in [-0.3, -0.25) is 4.79 Å². The minimum atomic E-state index is -0.185. The molecule has 1 aliphatic rings. The van der Waals surface area contributed by atoms with Gasteiger partial charge in [-0.1, -0.05) is 26.8 Å². The second-order valence-corrected chi connectivity index (χ2v) is 7.47. The molecule has 1 aromatic heterocycles. The molecule has 0 spiro atoms. The molecule has 1 aliphatic heterocycles. The van der Waals surface area contributed by atoms with Crippen LogP contribution in [0, 0.1) is 0 Å². The summed E-state index contributed by atoms with van der Waals surface area (Å²) in [4.78, 5) is 16.3. The molecule has 1 N–H and O–H groups in total. The van der Waals surface area contributed by atoms with Crippen LogP contribution in [0.1, 0.15) is 45.1 Å². The van der Waals surface area contributed by atoms with Crippen molar-refractivity contribution in [2.24, 2.45) is 0 Å². The van der Waals surface area contributed by atoms with Gasteiger partial charge in [-0.25, -0.2) is 4.98 Å². The molecular weight excluding hydrogens is 320 g/mol. The van der Waals surface area contributed by atoms with Crippen molar-refractivity contribution in [2.45, 2.75) is 51.7 Å². The van der Waals surface area contributed by atoms with Crippen molar-refractivity contribution in [1.29, 1.82) is 0 Å². The fraction of sp³-hybridized carbons (Fsp3) is 0.579. The van der Waals surface area contributed by atoms with Crippen molar-refractivity contribution >= 4 is 17.0 Å². The third-order valence-electron chi connectivity index (χ3n) is 4.30. The standard InChI is InChI=1S/C19H26N2O4/c1-19(2,3)13-6-7-16-15(9-13)21-18(25-16)10-20-17(22)12-23-11-14-5-4-8-24-14/h6-7,9,14H,4-5,8,10-12H2,1-3H3,(H,20,22)/t14-/m1/s1. The SMILES string of the molecule is CC(C)(C)c1ccc2oc(CNC(=O)COC[C@H]3CCCO3)nc2c1. The Bertz CT molecular complexity index is 727. The van der Waals surface area contributed by atoms with E-state index in [2.05, 4.69) is 37.1 Å². The number of benzene rings is 1. The van der Waals surface area contributed by atoms with E-state index in [9.17, 15) is 4.79 Å². The van der Waals surface area contributed by atoms with E-state index in [0.717, 1.165) is 30.5 Å². The topological polar surface area (TPSA) is 73.6 Å². The molecule has 3 rings (SSSR count). The molecule has 1 saturated heterocycles. The Morgan fingerprint density at radius 2 is 2.24 bits per heavy atom. The van der Waals surface area contributed by atoms with E-state index < -0.39 is 0 Å². The summed E-state index contributed by atoms with van der Waals surface area (Å²) in [6.45, 7) is 8.00. The predicted molar refractivity (Wildman–Crippen MR) is 94.3 cm³/mol. The number of aromatic nitrogens is 1. The zero-order valence-corrected chi connectivity index (χ0v) is 15.1. The maximum Gasteiger partial charge on any atom is 0.246 e. The molecule has 1 fully saturated rings. The van der Waals surface area contributed by atoms with E-state index >= 15 is 0 Å². The summed E-state index contributed by atoms with van der Waals surface area (Å²) in [7, 11) is 0. The summed E-state index contributed by atoms with van der Waals surface area (Å²) < 4.78 is 16.5. The molecular formula is C19H26N2O4. The van der Waals surface area contributed by atoms with Gasteiger partial charge in [-0.15, -0.1) is 0 Å². The average Bonchev–Trinajstić information content (AvgIpc) is 3.20. The van der Waals surface area contributed by atoms with E-state index in [1.165, 1.54) is 5.56 Å². The van der Waals surface area contributed by atoms with Gasteiger partial charge in [0.15, 0.2) is 5.58 Å². The molecule has 1 aromatic carbocycles. The van der Waals surface area contributed by atoms with Crippen molar-refractivity contribution in [3.05, 3.63) is 29.7 Å². The lowest BCUT2D eigenvalue weighted by Crippen LogP contribution is -2.28. The second kappa shape index (κ2) is 7.54. The van der Waals surface area contributed by atoms with Crippen LogP contribution in [-0.2, 0) is 26.2 Å². The van der Waals surface area contributed by atoms with Crippen LogP contribution in [0.15, 0.2) is 22.6 Å². The minimum absolute atomic E-state index is 0.0221. The largest absolute Gasteiger partial charge is 0.439 e. The van der Waals surface area contributed by atoms with Gasteiger partial charge in [-0.2, -0.15) is 0 Å². The Balaban J connectivity index is 1.49. The monoisotopic (exact) mass is 346 g/mol. The molecule has 0 saturated carbocycles. The highest BCUT2D eigenvalue weighted by atomic mass is 16.5. The van der Waals surface area contributed by atoms with E-state index in [0.29, 0.717) is 12.5 Å². The molecule has 0 aliphatic carbocycles. The number of nitrogens with one attached hydrogen (secondary N) is 1. The maximum atomic E-state index is 11.8. The Kier molecular flexibility index (Phi) is 5.39. The normalized spacial score (nSPS) is 18.0. The molecule has 0 radical (unpaired) electrons. The smallest absolute Gasteiger partial charge is 0.246 e. The van der Waals surface area contributed by atoms with E-state index in [-0.39, 0.29) is 30.6 Å². The highest BCUT2D eigenvalue weighted by molar-refractivity contribution is 5.77. The lowest BCUT2D eigenvalue weighted by molar-refractivity contribution is -0.127. The zero-order chi connectivity index (χ0) is 17.9. The third-order valence-corrected chi connectivity index (χ3v) is 4.30. The van der Waals surface area contributed by atoms with Gasteiger partial charge < -0.3 is 19.2 Å². The van der Waals surface area contributed by atoms with Crippen LogP contribution in [0.4, 0.5) is 0 Å². The quantitative estimate of drug-likeness (QED) is 0.870. The number of fused-ring (bicyclic) bond motifs is 1. The first-order chi connectivity index (χ1) is 11.9. The second-order valence-electron chi connectivity index (χ2n) is 7.47. The number of nitrogens with zero attached hydrogens (tertiary/aromatic N) is 1. The van der Waals surface area contributed by atoms with Crippen LogP contribution in [0.3, 0.4) is 0 Å². The summed E-state index contributed by atoms with van der Waals surface area (Å²) in [6, 6.07) is 6.02. The number of carbonyl (C=O) groups excluding carboxylic acids is 1. The van der Waals surface area contributed by atoms with Crippen LogP contribution in [0.25, 0.3) is 11.1 Å². The highest BCUT2D eigenvalue weighted by Gasteiger charge is 2.17. The maximum absolute atomic E-state index is 11.8. The van der Waals surface area contributed by atoms with Crippen LogP contribution in [0.5, 0.6) is 0 Å². The first-order valence-corrected chi connectivity index (χ1v) is 8.78. The molecule has 2 aromatic rings.